The number of aldehydes is 1. The van der Waals surface area contributed by atoms with E-state index in [1.165, 1.54) is 0 Å². The second-order valence-electron chi connectivity index (χ2n) is 4.85. The quantitative estimate of drug-likeness (QED) is 0.565. The van der Waals surface area contributed by atoms with Gasteiger partial charge in [0.25, 0.3) is 0 Å². The van der Waals surface area contributed by atoms with Crippen molar-refractivity contribution in [2.75, 3.05) is 6.61 Å². The number of carbonyl (C=O) groups is 1. The van der Waals surface area contributed by atoms with E-state index in [9.17, 15) is 4.79 Å². The van der Waals surface area contributed by atoms with Crippen LogP contribution in [-0.2, 0) is 0 Å². The summed E-state index contributed by atoms with van der Waals surface area (Å²) in [6.07, 6.45) is 0.839. The van der Waals surface area contributed by atoms with E-state index in [0.717, 1.165) is 24.7 Å². The third kappa shape index (κ3) is 4.79. The van der Waals surface area contributed by atoms with Gasteiger partial charge in [-0.15, -0.1) is 0 Å². The zero-order valence-corrected chi connectivity index (χ0v) is 10.6. The molecule has 0 saturated heterocycles. The van der Waals surface area contributed by atoms with Crippen LogP contribution in [0.5, 0.6) is 5.75 Å². The molecule has 0 aromatic heterocycles. The van der Waals surface area contributed by atoms with E-state index in [1.807, 2.05) is 12.1 Å². The van der Waals surface area contributed by atoms with E-state index in [2.05, 4.69) is 19.6 Å². The van der Waals surface area contributed by atoms with Crippen LogP contribution in [0, 0.1) is 0 Å². The predicted molar refractivity (Wildman–Crippen MR) is 65.5 cm³/mol. The van der Waals surface area contributed by atoms with Crippen LogP contribution in [0.25, 0.3) is 0 Å². The summed E-state index contributed by atoms with van der Waals surface area (Å²) in [7, 11) is -1.01. The van der Waals surface area contributed by atoms with Gasteiger partial charge in [0.1, 0.15) is 12.0 Å². The molecule has 0 unspecified atom stereocenters. The molecule has 0 N–H and O–H groups in total. The molecule has 0 aliphatic carbocycles. The van der Waals surface area contributed by atoms with Crippen LogP contribution in [0.2, 0.25) is 25.7 Å². The number of carbonyl (C=O) groups excluding carboxylic acids is 1. The number of hydrogen-bond donors (Lipinski definition) is 0. The predicted octanol–water partition coefficient (Wildman–Crippen LogP) is 3.22. The van der Waals surface area contributed by atoms with Crippen molar-refractivity contribution in [3.63, 3.8) is 0 Å². The largest absolute Gasteiger partial charge is 0.494 e. The summed E-state index contributed by atoms with van der Waals surface area (Å²) in [5, 5.41) is 0. The highest BCUT2D eigenvalue weighted by atomic mass is 28.3. The standard InChI is InChI=1S/C12H18O2Si/c1-15(2,3)9-8-14-12-6-4-11(10-13)5-7-12/h4-7,10H,8-9H2,1-3H3. The molecule has 2 nitrogen and oxygen atoms in total. The smallest absolute Gasteiger partial charge is 0.150 e. The third-order valence-corrected chi connectivity index (χ3v) is 3.84. The van der Waals surface area contributed by atoms with Gasteiger partial charge in [-0.25, -0.2) is 0 Å². The van der Waals surface area contributed by atoms with Crippen molar-refractivity contribution >= 4 is 14.4 Å². The van der Waals surface area contributed by atoms with Crippen LogP contribution in [0.3, 0.4) is 0 Å². The first-order chi connectivity index (χ1) is 7.01. The van der Waals surface area contributed by atoms with E-state index in [-0.39, 0.29) is 0 Å². The van der Waals surface area contributed by atoms with Gasteiger partial charge in [-0.3, -0.25) is 4.79 Å². The molecule has 0 heterocycles. The van der Waals surface area contributed by atoms with Crippen LogP contribution in [0.4, 0.5) is 0 Å². The molecule has 0 aliphatic rings. The lowest BCUT2D eigenvalue weighted by Gasteiger charge is -2.15. The Morgan fingerprint density at radius 3 is 2.27 bits per heavy atom. The second kappa shape index (κ2) is 5.12. The van der Waals surface area contributed by atoms with E-state index in [0.29, 0.717) is 5.56 Å². The van der Waals surface area contributed by atoms with Gasteiger partial charge in [0, 0.05) is 13.6 Å². The van der Waals surface area contributed by atoms with Crippen molar-refractivity contribution in [2.24, 2.45) is 0 Å². The molecule has 0 aliphatic heterocycles. The summed E-state index contributed by atoms with van der Waals surface area (Å²) in [4.78, 5) is 10.4. The highest BCUT2D eigenvalue weighted by Gasteiger charge is 2.12. The van der Waals surface area contributed by atoms with Gasteiger partial charge < -0.3 is 4.74 Å². The van der Waals surface area contributed by atoms with Crippen molar-refractivity contribution < 1.29 is 9.53 Å². The maximum atomic E-state index is 10.4. The fourth-order valence-corrected chi connectivity index (χ4v) is 1.83. The Labute approximate surface area is 92.3 Å². The molecule has 0 amide bonds. The Hall–Kier alpha value is -1.09. The van der Waals surface area contributed by atoms with Gasteiger partial charge in [0.2, 0.25) is 0 Å². The molecule has 0 bridgehead atoms. The maximum absolute atomic E-state index is 10.4. The molecule has 1 rings (SSSR count). The molecular weight excluding hydrogens is 204 g/mol. The van der Waals surface area contributed by atoms with Crippen molar-refractivity contribution in [2.45, 2.75) is 25.7 Å². The van der Waals surface area contributed by atoms with Gasteiger partial charge in [0.05, 0.1) is 6.61 Å². The van der Waals surface area contributed by atoms with Crippen molar-refractivity contribution in [3.8, 4) is 5.75 Å². The zero-order valence-electron chi connectivity index (χ0n) is 9.62. The normalized spacial score (nSPS) is 11.1. The molecule has 0 fully saturated rings. The minimum absolute atomic E-state index is 0.688. The molecule has 15 heavy (non-hydrogen) atoms. The van der Waals surface area contributed by atoms with Gasteiger partial charge in [-0.05, 0) is 30.3 Å². The van der Waals surface area contributed by atoms with Crippen molar-refractivity contribution in [3.05, 3.63) is 29.8 Å². The van der Waals surface area contributed by atoms with Gasteiger partial charge >= 0.3 is 0 Å². The Morgan fingerprint density at radius 1 is 1.20 bits per heavy atom. The summed E-state index contributed by atoms with van der Waals surface area (Å²) in [5.74, 6) is 0.846. The van der Waals surface area contributed by atoms with Gasteiger partial charge in [0.15, 0.2) is 0 Å². The summed E-state index contributed by atoms with van der Waals surface area (Å²) in [6, 6.07) is 8.39. The molecule has 82 valence electrons. The first-order valence-electron chi connectivity index (χ1n) is 5.19. The lowest BCUT2D eigenvalue weighted by atomic mass is 10.2. The average Bonchev–Trinajstić information content (AvgIpc) is 2.17. The second-order valence-corrected chi connectivity index (χ2v) is 10.5. The van der Waals surface area contributed by atoms with Gasteiger partial charge in [-0.2, -0.15) is 0 Å². The Morgan fingerprint density at radius 2 is 1.80 bits per heavy atom. The number of benzene rings is 1. The van der Waals surface area contributed by atoms with E-state index in [4.69, 9.17) is 4.74 Å². The summed E-state index contributed by atoms with van der Waals surface area (Å²) >= 11 is 0. The van der Waals surface area contributed by atoms with Crippen molar-refractivity contribution in [1.29, 1.82) is 0 Å². The first kappa shape index (κ1) is 12.0. The SMILES string of the molecule is C[Si](C)(C)CCOc1ccc(C=O)cc1. The minimum atomic E-state index is -1.01. The molecule has 1 aromatic carbocycles. The Bertz CT molecular complexity index is 311. The van der Waals surface area contributed by atoms with Crippen LogP contribution < -0.4 is 4.74 Å². The number of rotatable bonds is 5. The molecule has 0 saturated carbocycles. The fraction of sp³-hybridized carbons (Fsp3) is 0.417. The first-order valence-corrected chi connectivity index (χ1v) is 8.90. The monoisotopic (exact) mass is 222 g/mol. The summed E-state index contributed by atoms with van der Waals surface area (Å²) in [5.41, 5.74) is 0.688. The third-order valence-electron chi connectivity index (χ3n) is 2.14. The highest BCUT2D eigenvalue weighted by molar-refractivity contribution is 6.76. The summed E-state index contributed by atoms with van der Waals surface area (Å²) in [6.45, 7) is 7.75. The van der Waals surface area contributed by atoms with Crippen molar-refractivity contribution in [1.82, 2.24) is 0 Å². The van der Waals surface area contributed by atoms with Crippen LogP contribution >= 0.6 is 0 Å². The molecule has 1 aromatic rings. The molecule has 0 atom stereocenters. The molecule has 3 heteroatoms. The van der Waals surface area contributed by atoms with E-state index < -0.39 is 8.07 Å². The highest BCUT2D eigenvalue weighted by Crippen LogP contribution is 2.13. The van der Waals surface area contributed by atoms with Crippen LogP contribution in [0.15, 0.2) is 24.3 Å². The molecule has 0 radical (unpaired) electrons. The summed E-state index contributed by atoms with van der Waals surface area (Å²) < 4.78 is 5.60. The number of ether oxygens (including phenoxy) is 1. The molecular formula is C12H18O2Si. The fourth-order valence-electron chi connectivity index (χ4n) is 1.12. The maximum Gasteiger partial charge on any atom is 0.150 e. The van der Waals surface area contributed by atoms with Gasteiger partial charge in [-0.1, -0.05) is 19.6 Å². The topological polar surface area (TPSA) is 26.3 Å². The lowest BCUT2D eigenvalue weighted by Crippen LogP contribution is -2.22. The van der Waals surface area contributed by atoms with Crippen LogP contribution in [0.1, 0.15) is 10.4 Å². The Balaban J connectivity index is 2.41. The lowest BCUT2D eigenvalue weighted by molar-refractivity contribution is 0.112. The van der Waals surface area contributed by atoms with Crippen LogP contribution in [-0.4, -0.2) is 21.0 Å². The van der Waals surface area contributed by atoms with E-state index in [1.54, 1.807) is 12.1 Å². The minimum Gasteiger partial charge on any atom is -0.494 e. The zero-order chi connectivity index (χ0) is 11.3. The van der Waals surface area contributed by atoms with E-state index >= 15 is 0 Å². The Kier molecular flexibility index (Phi) is 4.09. The number of hydrogen-bond acceptors (Lipinski definition) is 2. The average molecular weight is 222 g/mol. The molecule has 0 spiro atoms.